The molecule has 0 bridgehead atoms. The maximum absolute atomic E-state index is 6.25. The van der Waals surface area contributed by atoms with E-state index >= 15 is 0 Å². The van der Waals surface area contributed by atoms with Gasteiger partial charge in [0, 0.05) is 18.4 Å². The summed E-state index contributed by atoms with van der Waals surface area (Å²) in [5, 5.41) is 8.26. The molecular formula is C10H13N5O. The fourth-order valence-electron chi connectivity index (χ4n) is 1.99. The highest BCUT2D eigenvalue weighted by Gasteiger charge is 2.36. The summed E-state index contributed by atoms with van der Waals surface area (Å²) in [6.45, 7) is 3.08. The molecule has 0 radical (unpaired) electrons. The molecule has 84 valence electrons. The van der Waals surface area contributed by atoms with Crippen molar-refractivity contribution in [1.29, 1.82) is 0 Å². The Bertz CT molecular complexity index is 529. The van der Waals surface area contributed by atoms with Gasteiger partial charge < -0.3 is 10.5 Å². The maximum Gasteiger partial charge on any atom is 0.163 e. The molecule has 0 saturated carbocycles. The quantitative estimate of drug-likeness (QED) is 0.730. The van der Waals surface area contributed by atoms with E-state index < -0.39 is 5.54 Å². The van der Waals surface area contributed by atoms with Gasteiger partial charge in [-0.3, -0.25) is 4.40 Å². The standard InChI is InChI=1S/C10H13N5O/c1-7-4-8-13-14-9(15(8)6-12-7)10(11)2-3-16-5-10/h4,6H,2-3,5,11H2,1H3. The van der Waals surface area contributed by atoms with Crippen LogP contribution in [0.5, 0.6) is 0 Å². The van der Waals surface area contributed by atoms with Crippen LogP contribution in [0.15, 0.2) is 12.4 Å². The molecule has 1 fully saturated rings. The van der Waals surface area contributed by atoms with Crippen LogP contribution in [0, 0.1) is 6.92 Å². The van der Waals surface area contributed by atoms with Gasteiger partial charge in [-0.25, -0.2) is 4.98 Å². The van der Waals surface area contributed by atoms with E-state index in [0.717, 1.165) is 23.6 Å². The third-order valence-corrected chi connectivity index (χ3v) is 2.93. The Morgan fingerprint density at radius 3 is 3.12 bits per heavy atom. The zero-order valence-corrected chi connectivity index (χ0v) is 9.05. The second-order valence-electron chi connectivity index (χ2n) is 4.24. The molecule has 1 aliphatic rings. The van der Waals surface area contributed by atoms with E-state index in [4.69, 9.17) is 10.5 Å². The van der Waals surface area contributed by atoms with Crippen molar-refractivity contribution < 1.29 is 4.74 Å². The fourth-order valence-corrected chi connectivity index (χ4v) is 1.99. The van der Waals surface area contributed by atoms with Crippen LogP contribution in [-0.2, 0) is 10.3 Å². The van der Waals surface area contributed by atoms with Crippen LogP contribution in [0.4, 0.5) is 0 Å². The highest BCUT2D eigenvalue weighted by molar-refractivity contribution is 5.39. The molecule has 0 aliphatic carbocycles. The van der Waals surface area contributed by atoms with Crippen molar-refractivity contribution in [2.45, 2.75) is 18.9 Å². The van der Waals surface area contributed by atoms with E-state index in [1.807, 2.05) is 17.4 Å². The molecule has 2 aromatic rings. The molecule has 6 nitrogen and oxygen atoms in total. The van der Waals surface area contributed by atoms with Crippen LogP contribution in [0.2, 0.25) is 0 Å². The SMILES string of the molecule is Cc1cc2nnc(C3(N)CCOC3)n2cn1. The van der Waals surface area contributed by atoms with Gasteiger partial charge >= 0.3 is 0 Å². The van der Waals surface area contributed by atoms with Gasteiger partial charge in [0.25, 0.3) is 0 Å². The molecule has 0 spiro atoms. The number of hydrogen-bond acceptors (Lipinski definition) is 5. The van der Waals surface area contributed by atoms with Crippen molar-refractivity contribution in [3.63, 3.8) is 0 Å². The summed E-state index contributed by atoms with van der Waals surface area (Å²) in [5.41, 5.74) is 7.42. The maximum atomic E-state index is 6.25. The summed E-state index contributed by atoms with van der Waals surface area (Å²) < 4.78 is 7.17. The van der Waals surface area contributed by atoms with E-state index in [1.54, 1.807) is 6.33 Å². The number of rotatable bonds is 1. The highest BCUT2D eigenvalue weighted by Crippen LogP contribution is 2.26. The first-order chi connectivity index (χ1) is 7.69. The van der Waals surface area contributed by atoms with Crippen LogP contribution in [0.1, 0.15) is 17.9 Å². The number of hydrogen-bond donors (Lipinski definition) is 1. The molecule has 0 amide bonds. The second kappa shape index (κ2) is 3.23. The molecule has 0 aromatic carbocycles. The van der Waals surface area contributed by atoms with Crippen molar-refractivity contribution in [2.24, 2.45) is 5.73 Å². The summed E-state index contributed by atoms with van der Waals surface area (Å²) in [5.74, 6) is 0.729. The third kappa shape index (κ3) is 1.30. The molecule has 3 heterocycles. The Morgan fingerprint density at radius 1 is 1.50 bits per heavy atom. The van der Waals surface area contributed by atoms with Crippen LogP contribution in [-0.4, -0.2) is 32.8 Å². The molecule has 3 rings (SSSR count). The highest BCUT2D eigenvalue weighted by atomic mass is 16.5. The Labute approximate surface area is 92.4 Å². The molecule has 1 aliphatic heterocycles. The summed E-state index contributed by atoms with van der Waals surface area (Å²) in [6, 6.07) is 1.88. The van der Waals surface area contributed by atoms with Crippen molar-refractivity contribution in [3.8, 4) is 0 Å². The van der Waals surface area contributed by atoms with Gasteiger partial charge in [-0.05, 0) is 13.3 Å². The minimum atomic E-state index is -0.531. The van der Waals surface area contributed by atoms with Crippen molar-refractivity contribution in [3.05, 3.63) is 23.9 Å². The summed E-state index contributed by atoms with van der Waals surface area (Å²) in [6.07, 6.45) is 2.48. The first-order valence-corrected chi connectivity index (χ1v) is 5.23. The number of ether oxygens (including phenoxy) is 1. The molecule has 6 heteroatoms. The average molecular weight is 219 g/mol. The molecule has 2 N–H and O–H groups in total. The van der Waals surface area contributed by atoms with Crippen LogP contribution >= 0.6 is 0 Å². The summed E-state index contributed by atoms with van der Waals surface area (Å²) in [7, 11) is 0. The number of aryl methyl sites for hydroxylation is 1. The number of fused-ring (bicyclic) bond motifs is 1. The molecule has 1 atom stereocenters. The van der Waals surface area contributed by atoms with Crippen LogP contribution in [0.3, 0.4) is 0 Å². The third-order valence-electron chi connectivity index (χ3n) is 2.93. The number of nitrogens with zero attached hydrogens (tertiary/aromatic N) is 4. The van der Waals surface area contributed by atoms with E-state index in [2.05, 4.69) is 15.2 Å². The van der Waals surface area contributed by atoms with Crippen molar-refractivity contribution in [1.82, 2.24) is 19.6 Å². The Hall–Kier alpha value is -1.53. The zero-order chi connectivity index (χ0) is 11.2. The Morgan fingerprint density at radius 2 is 2.38 bits per heavy atom. The van der Waals surface area contributed by atoms with E-state index in [1.165, 1.54) is 0 Å². The zero-order valence-electron chi connectivity index (χ0n) is 9.05. The molecular weight excluding hydrogens is 206 g/mol. The lowest BCUT2D eigenvalue weighted by Gasteiger charge is -2.18. The van der Waals surface area contributed by atoms with Gasteiger partial charge in [0.2, 0.25) is 0 Å². The van der Waals surface area contributed by atoms with Crippen molar-refractivity contribution in [2.75, 3.05) is 13.2 Å². The normalized spacial score (nSPS) is 25.4. The van der Waals surface area contributed by atoms with Gasteiger partial charge in [-0.15, -0.1) is 10.2 Å². The molecule has 2 aromatic heterocycles. The average Bonchev–Trinajstić information content (AvgIpc) is 2.84. The predicted molar refractivity (Wildman–Crippen MR) is 56.8 cm³/mol. The largest absolute Gasteiger partial charge is 0.379 e. The van der Waals surface area contributed by atoms with Gasteiger partial charge in [0.05, 0.1) is 6.61 Å². The molecule has 1 unspecified atom stereocenters. The summed E-state index contributed by atoms with van der Waals surface area (Å²) >= 11 is 0. The number of nitrogens with two attached hydrogens (primary N) is 1. The topological polar surface area (TPSA) is 78.3 Å². The molecule has 16 heavy (non-hydrogen) atoms. The smallest absolute Gasteiger partial charge is 0.163 e. The minimum Gasteiger partial charge on any atom is -0.379 e. The van der Waals surface area contributed by atoms with E-state index in [9.17, 15) is 0 Å². The fraction of sp³-hybridized carbons (Fsp3) is 0.500. The number of aromatic nitrogens is 4. The second-order valence-corrected chi connectivity index (χ2v) is 4.24. The predicted octanol–water partition coefficient (Wildman–Crippen LogP) is 0.00702. The van der Waals surface area contributed by atoms with Crippen molar-refractivity contribution >= 4 is 5.65 Å². The monoisotopic (exact) mass is 219 g/mol. The van der Waals surface area contributed by atoms with Crippen LogP contribution in [0.25, 0.3) is 5.65 Å². The molecule has 1 saturated heterocycles. The Kier molecular flexibility index (Phi) is 1.95. The van der Waals surface area contributed by atoms with Gasteiger partial charge in [-0.1, -0.05) is 0 Å². The van der Waals surface area contributed by atoms with E-state index in [-0.39, 0.29) is 0 Å². The minimum absolute atomic E-state index is 0.488. The first-order valence-electron chi connectivity index (χ1n) is 5.23. The van der Waals surface area contributed by atoms with Gasteiger partial charge in [0.15, 0.2) is 11.5 Å². The van der Waals surface area contributed by atoms with Gasteiger partial charge in [-0.2, -0.15) is 0 Å². The summed E-state index contributed by atoms with van der Waals surface area (Å²) in [4.78, 5) is 4.23. The van der Waals surface area contributed by atoms with E-state index in [0.29, 0.717) is 13.2 Å². The lowest BCUT2D eigenvalue weighted by Crippen LogP contribution is -2.39. The van der Waals surface area contributed by atoms with Gasteiger partial charge in [0.1, 0.15) is 11.9 Å². The lowest BCUT2D eigenvalue weighted by molar-refractivity contribution is 0.176. The lowest BCUT2D eigenvalue weighted by atomic mass is 10.00. The van der Waals surface area contributed by atoms with Crippen LogP contribution < -0.4 is 5.73 Å². The Balaban J connectivity index is 2.17. The first kappa shape index (κ1) is 9.68.